The fourth-order valence-electron chi connectivity index (χ4n) is 3.78. The number of likely N-dealkylation sites (tertiary alicyclic amines) is 1. The Kier molecular flexibility index (Phi) is 4.36. The van der Waals surface area contributed by atoms with Gasteiger partial charge in [0.1, 0.15) is 6.04 Å². The van der Waals surface area contributed by atoms with Crippen molar-refractivity contribution in [2.75, 3.05) is 19.6 Å². The van der Waals surface area contributed by atoms with E-state index in [1.807, 2.05) is 23.1 Å². The van der Waals surface area contributed by atoms with E-state index in [1.165, 1.54) is 0 Å². The molecule has 0 radical (unpaired) electrons. The molecule has 2 N–H and O–H groups in total. The van der Waals surface area contributed by atoms with E-state index in [0.29, 0.717) is 18.0 Å². The number of benzene rings is 1. The van der Waals surface area contributed by atoms with Crippen LogP contribution >= 0.6 is 0 Å². The van der Waals surface area contributed by atoms with Gasteiger partial charge in [0.2, 0.25) is 5.91 Å². The summed E-state index contributed by atoms with van der Waals surface area (Å²) in [5.74, 6) is -0.130. The number of rotatable bonds is 3. The summed E-state index contributed by atoms with van der Waals surface area (Å²) in [6, 6.07) is 7.29. The van der Waals surface area contributed by atoms with E-state index in [4.69, 9.17) is 0 Å². The SMILES string of the molecule is O=C(NC1CCN(C2CCNCC2)C1=O)c1ccc2cnccc2c1. The molecule has 0 saturated carbocycles. The number of amides is 2. The topological polar surface area (TPSA) is 74.3 Å². The molecular formula is C19H22N4O2. The van der Waals surface area contributed by atoms with Gasteiger partial charge in [-0.2, -0.15) is 0 Å². The van der Waals surface area contributed by atoms with Gasteiger partial charge in [0, 0.05) is 35.9 Å². The van der Waals surface area contributed by atoms with Crippen LogP contribution < -0.4 is 10.6 Å². The molecule has 6 heteroatoms. The van der Waals surface area contributed by atoms with Gasteiger partial charge < -0.3 is 15.5 Å². The van der Waals surface area contributed by atoms with Crippen LogP contribution in [0.5, 0.6) is 0 Å². The minimum atomic E-state index is -0.407. The second-order valence-electron chi connectivity index (χ2n) is 6.77. The molecule has 1 unspecified atom stereocenters. The highest BCUT2D eigenvalue weighted by Gasteiger charge is 2.37. The second kappa shape index (κ2) is 6.80. The minimum Gasteiger partial charge on any atom is -0.340 e. The standard InChI is InChI=1S/C19H22N4O2/c24-18(14-1-2-15-12-21-7-3-13(15)11-14)22-17-6-10-23(19(17)25)16-4-8-20-9-5-16/h1-3,7,11-12,16-17,20H,4-6,8-10H2,(H,22,24). The summed E-state index contributed by atoms with van der Waals surface area (Å²) in [5.41, 5.74) is 0.576. The number of hydrogen-bond acceptors (Lipinski definition) is 4. The third-order valence-corrected chi connectivity index (χ3v) is 5.20. The van der Waals surface area contributed by atoms with Crippen molar-refractivity contribution in [3.63, 3.8) is 0 Å². The lowest BCUT2D eigenvalue weighted by molar-refractivity contribution is -0.131. The fourth-order valence-corrected chi connectivity index (χ4v) is 3.78. The first kappa shape index (κ1) is 16.0. The molecular weight excluding hydrogens is 316 g/mol. The van der Waals surface area contributed by atoms with Gasteiger partial charge in [-0.25, -0.2) is 0 Å². The highest BCUT2D eigenvalue weighted by Crippen LogP contribution is 2.21. The number of pyridine rings is 1. The van der Waals surface area contributed by atoms with Crippen LogP contribution in [0.25, 0.3) is 10.8 Å². The molecule has 2 aliphatic rings. The molecule has 0 bridgehead atoms. The number of nitrogens with zero attached hydrogens (tertiary/aromatic N) is 2. The number of fused-ring (bicyclic) bond motifs is 1. The van der Waals surface area contributed by atoms with Crippen molar-refractivity contribution < 1.29 is 9.59 Å². The van der Waals surface area contributed by atoms with Gasteiger partial charge in [0.25, 0.3) is 5.91 Å². The van der Waals surface area contributed by atoms with Crippen LogP contribution in [0.4, 0.5) is 0 Å². The molecule has 2 fully saturated rings. The second-order valence-corrected chi connectivity index (χ2v) is 6.77. The number of carbonyl (C=O) groups excluding carboxylic acids is 2. The van der Waals surface area contributed by atoms with Crippen LogP contribution in [0.1, 0.15) is 29.6 Å². The maximum Gasteiger partial charge on any atom is 0.251 e. The van der Waals surface area contributed by atoms with Crippen molar-refractivity contribution >= 4 is 22.6 Å². The average Bonchev–Trinajstić information content (AvgIpc) is 3.02. The van der Waals surface area contributed by atoms with Gasteiger partial charge in [-0.05, 0) is 55.9 Å². The van der Waals surface area contributed by atoms with Crippen molar-refractivity contribution in [1.82, 2.24) is 20.5 Å². The Morgan fingerprint density at radius 1 is 1.16 bits per heavy atom. The van der Waals surface area contributed by atoms with Crippen LogP contribution in [0, 0.1) is 0 Å². The first-order chi connectivity index (χ1) is 12.2. The normalized spacial score (nSPS) is 21.7. The molecule has 4 rings (SSSR count). The van der Waals surface area contributed by atoms with Crippen LogP contribution in [0.2, 0.25) is 0 Å². The monoisotopic (exact) mass is 338 g/mol. The zero-order valence-corrected chi connectivity index (χ0v) is 14.1. The molecule has 2 saturated heterocycles. The maximum absolute atomic E-state index is 12.7. The lowest BCUT2D eigenvalue weighted by Crippen LogP contribution is -2.47. The Bertz CT molecular complexity index is 801. The quantitative estimate of drug-likeness (QED) is 0.885. The van der Waals surface area contributed by atoms with E-state index in [2.05, 4.69) is 15.6 Å². The molecule has 130 valence electrons. The van der Waals surface area contributed by atoms with Gasteiger partial charge in [0.05, 0.1) is 0 Å². The minimum absolute atomic E-state index is 0.0604. The molecule has 2 aromatic rings. The Hall–Kier alpha value is -2.47. The van der Waals surface area contributed by atoms with Crippen molar-refractivity contribution in [3.05, 3.63) is 42.2 Å². The van der Waals surface area contributed by atoms with Crippen LogP contribution in [0.15, 0.2) is 36.7 Å². The lowest BCUT2D eigenvalue weighted by atomic mass is 10.1. The number of carbonyl (C=O) groups is 2. The van der Waals surface area contributed by atoms with E-state index in [9.17, 15) is 9.59 Å². The Morgan fingerprint density at radius 3 is 2.84 bits per heavy atom. The van der Waals surface area contributed by atoms with Gasteiger partial charge >= 0.3 is 0 Å². The summed E-state index contributed by atoms with van der Waals surface area (Å²) in [4.78, 5) is 31.3. The van der Waals surface area contributed by atoms with E-state index in [1.54, 1.807) is 18.5 Å². The zero-order valence-electron chi connectivity index (χ0n) is 14.1. The van der Waals surface area contributed by atoms with E-state index in [0.717, 1.165) is 43.2 Å². The summed E-state index contributed by atoms with van der Waals surface area (Å²) in [6.45, 7) is 2.65. The first-order valence-electron chi connectivity index (χ1n) is 8.88. The maximum atomic E-state index is 12.7. The first-order valence-corrected chi connectivity index (χ1v) is 8.88. The summed E-state index contributed by atoms with van der Waals surface area (Å²) < 4.78 is 0. The summed E-state index contributed by atoms with van der Waals surface area (Å²) >= 11 is 0. The fraction of sp³-hybridized carbons (Fsp3) is 0.421. The molecule has 2 aliphatic heterocycles. The molecule has 0 spiro atoms. The largest absolute Gasteiger partial charge is 0.340 e. The van der Waals surface area contributed by atoms with Crippen LogP contribution in [-0.2, 0) is 4.79 Å². The van der Waals surface area contributed by atoms with Crippen molar-refractivity contribution in [3.8, 4) is 0 Å². The van der Waals surface area contributed by atoms with E-state index < -0.39 is 6.04 Å². The van der Waals surface area contributed by atoms with Gasteiger partial charge in [-0.1, -0.05) is 6.07 Å². The summed E-state index contributed by atoms with van der Waals surface area (Å²) in [5, 5.41) is 8.20. The number of aromatic nitrogens is 1. The molecule has 6 nitrogen and oxygen atoms in total. The van der Waals surface area contributed by atoms with Gasteiger partial charge in [-0.15, -0.1) is 0 Å². The van der Waals surface area contributed by atoms with E-state index in [-0.39, 0.29) is 11.8 Å². The summed E-state index contributed by atoms with van der Waals surface area (Å²) in [7, 11) is 0. The number of piperidine rings is 1. The zero-order chi connectivity index (χ0) is 17.2. The van der Waals surface area contributed by atoms with Gasteiger partial charge in [0.15, 0.2) is 0 Å². The predicted molar refractivity (Wildman–Crippen MR) is 95.2 cm³/mol. The van der Waals surface area contributed by atoms with Crippen LogP contribution in [-0.4, -0.2) is 53.4 Å². The van der Waals surface area contributed by atoms with Gasteiger partial charge in [-0.3, -0.25) is 14.6 Å². The van der Waals surface area contributed by atoms with Crippen molar-refractivity contribution in [1.29, 1.82) is 0 Å². The number of hydrogen-bond donors (Lipinski definition) is 2. The highest BCUT2D eigenvalue weighted by atomic mass is 16.2. The molecule has 2 amide bonds. The van der Waals surface area contributed by atoms with Crippen molar-refractivity contribution in [2.24, 2.45) is 0 Å². The van der Waals surface area contributed by atoms with E-state index >= 15 is 0 Å². The molecule has 1 aromatic carbocycles. The summed E-state index contributed by atoms with van der Waals surface area (Å²) in [6.07, 6.45) is 6.15. The Balaban J connectivity index is 1.44. The van der Waals surface area contributed by atoms with Crippen molar-refractivity contribution in [2.45, 2.75) is 31.3 Å². The molecule has 1 atom stereocenters. The third-order valence-electron chi connectivity index (χ3n) is 5.20. The Labute approximate surface area is 146 Å². The molecule has 1 aromatic heterocycles. The highest BCUT2D eigenvalue weighted by molar-refractivity contribution is 6.00. The lowest BCUT2D eigenvalue weighted by Gasteiger charge is -2.31. The smallest absolute Gasteiger partial charge is 0.251 e. The average molecular weight is 338 g/mol. The molecule has 0 aliphatic carbocycles. The molecule has 25 heavy (non-hydrogen) atoms. The third kappa shape index (κ3) is 3.22. The van der Waals surface area contributed by atoms with Crippen LogP contribution in [0.3, 0.4) is 0 Å². The Morgan fingerprint density at radius 2 is 2.00 bits per heavy atom. The number of nitrogens with one attached hydrogen (secondary N) is 2. The predicted octanol–water partition coefficient (Wildman–Crippen LogP) is 1.32. The molecule has 3 heterocycles.